The van der Waals surface area contributed by atoms with Gasteiger partial charge in [-0.2, -0.15) is 0 Å². The summed E-state index contributed by atoms with van der Waals surface area (Å²) in [5.74, 6) is -1.39. The molecule has 19 heteroatoms. The van der Waals surface area contributed by atoms with E-state index >= 15 is 0 Å². The fraction of sp³-hybridized carbons (Fsp3) is 0.932. The van der Waals surface area contributed by atoms with Crippen molar-refractivity contribution in [1.29, 1.82) is 0 Å². The van der Waals surface area contributed by atoms with E-state index in [0.29, 0.717) is 25.7 Å². The monoisotopic (exact) mass is 1160 g/mol. The maximum absolute atomic E-state index is 12.9. The van der Waals surface area contributed by atoms with Crippen LogP contribution in [0.2, 0.25) is 0 Å². The SMILES string of the molecule is CCCCCCCCCCCCCC(=O)OC[C@H](COP(=O)(O)OC[C@@H](O)COP(=O)(O)OC[C@@H](COC(=O)CCCCCCC)OC(=O)CCCCCCCCCC)OC(=O)CCCCCCCCCCCCCC(C)C. The van der Waals surface area contributed by atoms with E-state index in [1.807, 2.05) is 0 Å². The van der Waals surface area contributed by atoms with Gasteiger partial charge in [0, 0.05) is 25.7 Å². The summed E-state index contributed by atoms with van der Waals surface area (Å²) < 4.78 is 67.5. The van der Waals surface area contributed by atoms with E-state index in [1.54, 1.807) is 0 Å². The summed E-state index contributed by atoms with van der Waals surface area (Å²) in [6, 6.07) is 0. The predicted octanol–water partition coefficient (Wildman–Crippen LogP) is 15.8. The van der Waals surface area contributed by atoms with Crippen LogP contribution < -0.4 is 0 Å². The average Bonchev–Trinajstić information content (AvgIpc) is 3.40. The Morgan fingerprint density at radius 1 is 0.346 bits per heavy atom. The van der Waals surface area contributed by atoms with Gasteiger partial charge in [0.15, 0.2) is 12.2 Å². The third-order valence-corrected chi connectivity index (χ3v) is 15.4. The lowest BCUT2D eigenvalue weighted by Gasteiger charge is -2.21. The smallest absolute Gasteiger partial charge is 0.462 e. The van der Waals surface area contributed by atoms with Crippen molar-refractivity contribution in [2.45, 2.75) is 310 Å². The lowest BCUT2D eigenvalue weighted by molar-refractivity contribution is -0.161. The number of ether oxygens (including phenoxy) is 4. The molecule has 0 aromatic rings. The fourth-order valence-corrected chi connectivity index (χ4v) is 10.3. The average molecular weight is 1160 g/mol. The zero-order valence-electron chi connectivity index (χ0n) is 49.8. The number of carbonyl (C=O) groups is 4. The molecule has 0 aromatic carbocycles. The summed E-state index contributed by atoms with van der Waals surface area (Å²) in [5, 5.41) is 10.5. The Hall–Kier alpha value is -1.94. The van der Waals surface area contributed by atoms with Crippen LogP contribution in [0.3, 0.4) is 0 Å². The molecule has 2 unspecified atom stereocenters. The van der Waals surface area contributed by atoms with Crippen molar-refractivity contribution in [3.05, 3.63) is 0 Å². The molecule has 0 aliphatic carbocycles. The van der Waals surface area contributed by atoms with E-state index in [4.69, 9.17) is 37.0 Å². The van der Waals surface area contributed by atoms with Gasteiger partial charge in [0.05, 0.1) is 26.4 Å². The molecule has 0 saturated carbocycles. The lowest BCUT2D eigenvalue weighted by atomic mass is 10.0. The van der Waals surface area contributed by atoms with Crippen molar-refractivity contribution in [3.63, 3.8) is 0 Å². The van der Waals surface area contributed by atoms with Crippen molar-refractivity contribution in [3.8, 4) is 0 Å². The molecule has 0 aliphatic heterocycles. The minimum absolute atomic E-state index is 0.104. The Morgan fingerprint density at radius 3 is 0.872 bits per heavy atom. The summed E-state index contributed by atoms with van der Waals surface area (Å²) >= 11 is 0. The number of unbranched alkanes of at least 4 members (excludes halogenated alkanes) is 31. The van der Waals surface area contributed by atoms with Gasteiger partial charge in [-0.15, -0.1) is 0 Å². The number of aliphatic hydroxyl groups excluding tert-OH is 1. The van der Waals surface area contributed by atoms with E-state index in [0.717, 1.165) is 109 Å². The van der Waals surface area contributed by atoms with E-state index < -0.39 is 97.5 Å². The minimum Gasteiger partial charge on any atom is -0.462 e. The van der Waals surface area contributed by atoms with Crippen molar-refractivity contribution < 1.29 is 80.2 Å². The highest BCUT2D eigenvalue weighted by molar-refractivity contribution is 7.47. The first kappa shape index (κ1) is 76.1. The number of aliphatic hydroxyl groups is 1. The Bertz CT molecular complexity index is 1530. The molecule has 5 atom stereocenters. The van der Waals surface area contributed by atoms with Crippen LogP contribution in [-0.4, -0.2) is 96.7 Å². The van der Waals surface area contributed by atoms with Gasteiger partial charge in [0.2, 0.25) is 0 Å². The van der Waals surface area contributed by atoms with Crippen LogP contribution in [-0.2, 0) is 65.4 Å². The van der Waals surface area contributed by atoms with Crippen LogP contribution in [0, 0.1) is 5.92 Å². The second-order valence-corrected chi connectivity index (χ2v) is 24.8. The zero-order chi connectivity index (χ0) is 57.8. The molecule has 3 N–H and O–H groups in total. The van der Waals surface area contributed by atoms with Gasteiger partial charge in [-0.3, -0.25) is 37.3 Å². The second-order valence-electron chi connectivity index (χ2n) is 21.9. The van der Waals surface area contributed by atoms with Crippen LogP contribution in [0.25, 0.3) is 0 Å². The number of phosphoric acid groups is 2. The van der Waals surface area contributed by atoms with Crippen molar-refractivity contribution in [2.75, 3.05) is 39.6 Å². The van der Waals surface area contributed by atoms with Gasteiger partial charge in [-0.05, 0) is 31.6 Å². The first-order chi connectivity index (χ1) is 37.5. The summed E-state index contributed by atoms with van der Waals surface area (Å²) in [4.78, 5) is 71.6. The number of hydrogen-bond donors (Lipinski definition) is 3. The van der Waals surface area contributed by atoms with Crippen molar-refractivity contribution in [1.82, 2.24) is 0 Å². The van der Waals surface area contributed by atoms with E-state index in [-0.39, 0.29) is 25.7 Å². The van der Waals surface area contributed by atoms with E-state index in [2.05, 4.69) is 34.6 Å². The first-order valence-corrected chi connectivity index (χ1v) is 34.1. The van der Waals surface area contributed by atoms with Gasteiger partial charge < -0.3 is 33.8 Å². The molecule has 0 saturated heterocycles. The summed E-state index contributed by atoms with van der Waals surface area (Å²) in [7, 11) is -9.86. The lowest BCUT2D eigenvalue weighted by Crippen LogP contribution is -2.30. The molecule has 17 nitrogen and oxygen atoms in total. The Kier molecular flexibility index (Phi) is 51.8. The second kappa shape index (κ2) is 53.1. The molecule has 0 fully saturated rings. The largest absolute Gasteiger partial charge is 0.472 e. The third kappa shape index (κ3) is 53.4. The standard InChI is InChI=1S/C59H114O17P2/c1-6-9-12-15-17-19-21-25-29-33-38-43-57(62)70-49-55(76-59(64)45-40-35-30-26-23-20-22-24-27-32-36-41-52(4)5)51-74-78(67,68)72-47-53(60)46-71-77(65,66)73-50-54(48-69-56(61)42-37-31-14-11-8-3)75-58(63)44-39-34-28-18-16-13-10-7-2/h52-55,60H,6-51H2,1-5H3,(H,65,66)(H,67,68)/t53-,54+,55+/m0/s1. The summed E-state index contributed by atoms with van der Waals surface area (Å²) in [6.45, 7) is 7.04. The molecular weight excluding hydrogens is 1040 g/mol. The van der Waals surface area contributed by atoms with Crippen LogP contribution >= 0.6 is 15.6 Å². The number of carbonyl (C=O) groups excluding carboxylic acids is 4. The quantitative estimate of drug-likeness (QED) is 0.0222. The molecule has 0 bridgehead atoms. The van der Waals surface area contributed by atoms with Crippen molar-refractivity contribution >= 4 is 39.5 Å². The van der Waals surface area contributed by atoms with E-state index in [9.17, 15) is 43.2 Å². The van der Waals surface area contributed by atoms with E-state index in [1.165, 1.54) is 103 Å². The molecule has 0 radical (unpaired) electrons. The van der Waals surface area contributed by atoms with Gasteiger partial charge in [0.1, 0.15) is 19.3 Å². The third-order valence-electron chi connectivity index (χ3n) is 13.5. The number of phosphoric ester groups is 2. The molecule has 0 rings (SSSR count). The Balaban J connectivity index is 5.17. The Morgan fingerprint density at radius 2 is 0.590 bits per heavy atom. The molecule has 0 spiro atoms. The molecule has 0 aliphatic rings. The summed E-state index contributed by atoms with van der Waals surface area (Å²) in [5.41, 5.74) is 0. The predicted molar refractivity (Wildman–Crippen MR) is 308 cm³/mol. The summed E-state index contributed by atoms with van der Waals surface area (Å²) in [6.07, 6.45) is 35.2. The maximum Gasteiger partial charge on any atom is 0.472 e. The van der Waals surface area contributed by atoms with Crippen LogP contribution in [0.1, 0.15) is 291 Å². The topological polar surface area (TPSA) is 237 Å². The number of rotatable bonds is 59. The molecule has 0 amide bonds. The van der Waals surface area contributed by atoms with Crippen LogP contribution in [0.5, 0.6) is 0 Å². The minimum atomic E-state index is -4.94. The molecule has 78 heavy (non-hydrogen) atoms. The van der Waals surface area contributed by atoms with Crippen LogP contribution in [0.4, 0.5) is 0 Å². The highest BCUT2D eigenvalue weighted by Crippen LogP contribution is 2.45. The fourth-order valence-electron chi connectivity index (χ4n) is 8.70. The number of esters is 4. The van der Waals surface area contributed by atoms with Crippen LogP contribution in [0.15, 0.2) is 0 Å². The van der Waals surface area contributed by atoms with Gasteiger partial charge in [-0.25, -0.2) is 9.13 Å². The molecule has 0 aromatic heterocycles. The maximum atomic E-state index is 12.9. The zero-order valence-corrected chi connectivity index (χ0v) is 51.6. The number of hydrogen-bond acceptors (Lipinski definition) is 15. The van der Waals surface area contributed by atoms with Gasteiger partial charge >= 0.3 is 39.5 Å². The highest BCUT2D eigenvalue weighted by Gasteiger charge is 2.30. The molecular formula is C59H114O17P2. The Labute approximate surface area is 473 Å². The molecule has 0 heterocycles. The normalized spacial score (nSPS) is 14.4. The molecule has 462 valence electrons. The van der Waals surface area contributed by atoms with Gasteiger partial charge in [0.25, 0.3) is 0 Å². The van der Waals surface area contributed by atoms with Crippen molar-refractivity contribution in [2.24, 2.45) is 5.92 Å². The van der Waals surface area contributed by atoms with Gasteiger partial charge in [-0.1, -0.05) is 240 Å². The highest BCUT2D eigenvalue weighted by atomic mass is 31.2. The first-order valence-electron chi connectivity index (χ1n) is 31.1.